The van der Waals surface area contributed by atoms with E-state index < -0.39 is 0 Å². The highest BCUT2D eigenvalue weighted by atomic mass is 32.2. The van der Waals surface area contributed by atoms with Crippen LogP contribution >= 0.6 is 11.8 Å². The number of rotatable bonds is 6. The molecule has 0 saturated heterocycles. The number of aromatic amines is 1. The van der Waals surface area contributed by atoms with Crippen molar-refractivity contribution in [1.29, 1.82) is 0 Å². The number of nitrogens with one attached hydrogen (secondary N) is 2. The van der Waals surface area contributed by atoms with Crippen molar-refractivity contribution in [1.82, 2.24) is 10.3 Å². The minimum Gasteiger partial charge on any atom is -0.361 e. The van der Waals surface area contributed by atoms with Crippen LogP contribution in [-0.4, -0.2) is 23.5 Å². The number of hydrogen-bond acceptors (Lipinski definition) is 2. The number of thioether (sulfide) groups is 1. The molecule has 2 rings (SSSR count). The molecule has 0 aliphatic heterocycles. The lowest BCUT2D eigenvalue weighted by Gasteiger charge is -2.11. The lowest BCUT2D eigenvalue weighted by molar-refractivity contribution is 0.560. The molecular weight excluding hydrogens is 228 g/mol. The van der Waals surface area contributed by atoms with Gasteiger partial charge in [-0.05, 0) is 42.2 Å². The lowest BCUT2D eigenvalue weighted by atomic mass is 10.1. The molecule has 0 saturated carbocycles. The van der Waals surface area contributed by atoms with Crippen LogP contribution in [0.2, 0.25) is 0 Å². The summed E-state index contributed by atoms with van der Waals surface area (Å²) in [6, 6.07) is 8.58. The van der Waals surface area contributed by atoms with Gasteiger partial charge in [-0.25, -0.2) is 0 Å². The molecule has 1 heterocycles. The molecule has 0 amide bonds. The van der Waals surface area contributed by atoms with E-state index in [4.69, 9.17) is 0 Å². The smallest absolute Gasteiger partial charge is 0.0457 e. The van der Waals surface area contributed by atoms with E-state index in [1.54, 1.807) is 0 Å². The predicted molar refractivity (Wildman–Crippen MR) is 77.6 cm³/mol. The van der Waals surface area contributed by atoms with Crippen LogP contribution in [0.15, 0.2) is 30.5 Å². The SMILES string of the molecule is CSCC(C)CNCc1cccc2[nH]ccc12. The summed E-state index contributed by atoms with van der Waals surface area (Å²) < 4.78 is 0. The Labute approximate surface area is 107 Å². The molecule has 17 heavy (non-hydrogen) atoms. The summed E-state index contributed by atoms with van der Waals surface area (Å²) in [7, 11) is 0. The van der Waals surface area contributed by atoms with Crippen LogP contribution in [0.4, 0.5) is 0 Å². The average molecular weight is 248 g/mol. The molecule has 1 aromatic heterocycles. The van der Waals surface area contributed by atoms with Gasteiger partial charge in [-0.15, -0.1) is 0 Å². The molecular formula is C14H20N2S. The molecule has 2 nitrogen and oxygen atoms in total. The molecule has 0 aliphatic carbocycles. The Bertz CT molecular complexity index is 464. The molecule has 0 spiro atoms. The van der Waals surface area contributed by atoms with Gasteiger partial charge in [0.1, 0.15) is 0 Å². The normalized spacial score (nSPS) is 13.1. The maximum absolute atomic E-state index is 3.54. The molecule has 2 N–H and O–H groups in total. The van der Waals surface area contributed by atoms with Crippen molar-refractivity contribution in [2.75, 3.05) is 18.6 Å². The Morgan fingerprint density at radius 3 is 3.06 bits per heavy atom. The number of H-pyrrole nitrogens is 1. The zero-order chi connectivity index (χ0) is 12.1. The van der Waals surface area contributed by atoms with Crippen LogP contribution < -0.4 is 5.32 Å². The molecule has 0 aliphatic rings. The summed E-state index contributed by atoms with van der Waals surface area (Å²) in [5.41, 5.74) is 2.60. The number of aromatic nitrogens is 1. The zero-order valence-electron chi connectivity index (χ0n) is 10.5. The summed E-state index contributed by atoms with van der Waals surface area (Å²) in [5, 5.41) is 4.87. The van der Waals surface area contributed by atoms with E-state index in [2.05, 4.69) is 47.7 Å². The largest absolute Gasteiger partial charge is 0.361 e. The molecule has 0 radical (unpaired) electrons. The van der Waals surface area contributed by atoms with Crippen molar-refractivity contribution in [2.24, 2.45) is 5.92 Å². The van der Waals surface area contributed by atoms with Crippen LogP contribution in [0, 0.1) is 5.92 Å². The second-order valence-electron chi connectivity index (χ2n) is 4.55. The molecule has 3 heteroatoms. The predicted octanol–water partition coefficient (Wildman–Crippen LogP) is 3.26. The summed E-state index contributed by atoms with van der Waals surface area (Å²) in [4.78, 5) is 3.25. The van der Waals surface area contributed by atoms with E-state index in [9.17, 15) is 0 Å². The maximum Gasteiger partial charge on any atom is 0.0457 e. The molecule has 2 aromatic rings. The van der Waals surface area contributed by atoms with Crippen molar-refractivity contribution < 1.29 is 0 Å². The first-order chi connectivity index (χ1) is 8.31. The highest BCUT2D eigenvalue weighted by molar-refractivity contribution is 7.98. The van der Waals surface area contributed by atoms with E-state index in [1.165, 1.54) is 22.2 Å². The minimum absolute atomic E-state index is 0.732. The third kappa shape index (κ3) is 3.27. The zero-order valence-corrected chi connectivity index (χ0v) is 11.3. The van der Waals surface area contributed by atoms with Crippen molar-refractivity contribution in [3.05, 3.63) is 36.0 Å². The lowest BCUT2D eigenvalue weighted by Crippen LogP contribution is -2.22. The Morgan fingerprint density at radius 1 is 1.35 bits per heavy atom. The van der Waals surface area contributed by atoms with Gasteiger partial charge >= 0.3 is 0 Å². The van der Waals surface area contributed by atoms with Crippen molar-refractivity contribution in [2.45, 2.75) is 13.5 Å². The van der Waals surface area contributed by atoms with Gasteiger partial charge in [0.05, 0.1) is 0 Å². The van der Waals surface area contributed by atoms with Gasteiger partial charge in [0, 0.05) is 23.6 Å². The van der Waals surface area contributed by atoms with Gasteiger partial charge in [0.15, 0.2) is 0 Å². The Hall–Kier alpha value is -0.930. The number of benzene rings is 1. The van der Waals surface area contributed by atoms with Gasteiger partial charge in [-0.2, -0.15) is 11.8 Å². The van der Waals surface area contributed by atoms with Crippen LogP contribution in [-0.2, 0) is 6.54 Å². The fraction of sp³-hybridized carbons (Fsp3) is 0.429. The maximum atomic E-state index is 3.54. The van der Waals surface area contributed by atoms with Crippen molar-refractivity contribution >= 4 is 22.7 Å². The van der Waals surface area contributed by atoms with E-state index in [0.29, 0.717) is 0 Å². The number of fused-ring (bicyclic) bond motifs is 1. The van der Waals surface area contributed by atoms with Gasteiger partial charge in [0.25, 0.3) is 0 Å². The van der Waals surface area contributed by atoms with Gasteiger partial charge in [-0.3, -0.25) is 0 Å². The highest BCUT2D eigenvalue weighted by Crippen LogP contribution is 2.17. The summed E-state index contributed by atoms with van der Waals surface area (Å²) >= 11 is 1.91. The quantitative estimate of drug-likeness (QED) is 0.821. The number of hydrogen-bond donors (Lipinski definition) is 2. The first-order valence-electron chi connectivity index (χ1n) is 6.06. The summed E-state index contributed by atoms with van der Waals surface area (Å²) in [5.74, 6) is 1.96. The topological polar surface area (TPSA) is 27.8 Å². The van der Waals surface area contributed by atoms with Crippen LogP contribution in [0.5, 0.6) is 0 Å². The fourth-order valence-electron chi connectivity index (χ4n) is 2.10. The van der Waals surface area contributed by atoms with E-state index >= 15 is 0 Å². The van der Waals surface area contributed by atoms with Crippen LogP contribution in [0.25, 0.3) is 10.9 Å². The van der Waals surface area contributed by atoms with Crippen molar-refractivity contribution in [3.63, 3.8) is 0 Å². The fourth-order valence-corrected chi connectivity index (χ4v) is 2.79. The Kier molecular flexibility index (Phi) is 4.51. The van der Waals surface area contributed by atoms with E-state index in [1.807, 2.05) is 18.0 Å². The van der Waals surface area contributed by atoms with E-state index in [0.717, 1.165) is 19.0 Å². The monoisotopic (exact) mass is 248 g/mol. The molecule has 92 valence electrons. The molecule has 0 bridgehead atoms. The first kappa shape index (κ1) is 12.5. The average Bonchev–Trinajstić information content (AvgIpc) is 2.78. The molecule has 1 unspecified atom stereocenters. The second kappa shape index (κ2) is 6.12. The summed E-state index contributed by atoms with van der Waals surface area (Å²) in [6.07, 6.45) is 4.17. The highest BCUT2D eigenvalue weighted by Gasteiger charge is 2.03. The van der Waals surface area contributed by atoms with Gasteiger partial charge < -0.3 is 10.3 Å². The van der Waals surface area contributed by atoms with E-state index in [-0.39, 0.29) is 0 Å². The first-order valence-corrected chi connectivity index (χ1v) is 7.45. The summed E-state index contributed by atoms with van der Waals surface area (Å²) in [6.45, 7) is 4.33. The third-order valence-electron chi connectivity index (χ3n) is 2.94. The second-order valence-corrected chi connectivity index (χ2v) is 5.46. The third-order valence-corrected chi connectivity index (χ3v) is 3.85. The van der Waals surface area contributed by atoms with Crippen LogP contribution in [0.1, 0.15) is 12.5 Å². The Morgan fingerprint density at radius 2 is 2.24 bits per heavy atom. The molecule has 1 aromatic carbocycles. The Balaban J connectivity index is 1.92. The standard InChI is InChI=1S/C14H20N2S/c1-11(10-17-2)8-15-9-12-4-3-5-14-13(12)6-7-16-14/h3-7,11,15-16H,8-10H2,1-2H3. The van der Waals surface area contributed by atoms with Gasteiger partial charge in [0.2, 0.25) is 0 Å². The van der Waals surface area contributed by atoms with Crippen LogP contribution in [0.3, 0.4) is 0 Å². The minimum atomic E-state index is 0.732. The van der Waals surface area contributed by atoms with Gasteiger partial charge in [-0.1, -0.05) is 19.1 Å². The van der Waals surface area contributed by atoms with Crippen molar-refractivity contribution in [3.8, 4) is 0 Å². The molecule has 0 fully saturated rings. The molecule has 1 atom stereocenters.